The highest BCUT2D eigenvalue weighted by atomic mass is 35.5. The van der Waals surface area contributed by atoms with Crippen LogP contribution in [0.25, 0.3) is 0 Å². The second kappa shape index (κ2) is 9.39. The molecule has 0 unspecified atom stereocenters. The molecule has 1 amide bonds. The van der Waals surface area contributed by atoms with Crippen molar-refractivity contribution >= 4 is 29.1 Å². The van der Waals surface area contributed by atoms with E-state index < -0.39 is 0 Å². The largest absolute Gasteiger partial charge is 0.493 e. The van der Waals surface area contributed by atoms with Gasteiger partial charge in [-0.2, -0.15) is 0 Å². The number of ether oxygens (including phenoxy) is 3. The first kappa shape index (κ1) is 19.2. The van der Waals surface area contributed by atoms with E-state index in [1.807, 2.05) is 6.07 Å². The van der Waals surface area contributed by atoms with Crippen LogP contribution in [0.3, 0.4) is 0 Å². The number of rotatable bonds is 8. The number of hydrogen-bond donors (Lipinski definition) is 1. The molecule has 2 aromatic carbocycles. The number of nitrogens with one attached hydrogen (secondary N) is 1. The highest BCUT2D eigenvalue weighted by molar-refractivity contribution is 6.35. The van der Waals surface area contributed by atoms with E-state index in [-0.39, 0.29) is 12.5 Å². The molecule has 2 aromatic rings. The van der Waals surface area contributed by atoms with Gasteiger partial charge in [-0.1, -0.05) is 35.3 Å². The van der Waals surface area contributed by atoms with E-state index in [0.29, 0.717) is 40.3 Å². The Bertz CT molecular complexity index is 737. The molecule has 1 N–H and O–H groups in total. The lowest BCUT2D eigenvalue weighted by molar-refractivity contribution is -0.123. The molecule has 0 aliphatic carbocycles. The molecule has 25 heavy (non-hydrogen) atoms. The third kappa shape index (κ3) is 5.44. The minimum absolute atomic E-state index is 0.127. The fraction of sp³-hybridized carbons (Fsp3) is 0.278. The Morgan fingerprint density at radius 1 is 1.08 bits per heavy atom. The van der Waals surface area contributed by atoms with E-state index >= 15 is 0 Å². The summed E-state index contributed by atoms with van der Waals surface area (Å²) in [6.07, 6.45) is 0.601. The first-order valence-corrected chi connectivity index (χ1v) is 8.35. The highest BCUT2D eigenvalue weighted by Crippen LogP contribution is 2.36. The van der Waals surface area contributed by atoms with Crippen LogP contribution in [0.15, 0.2) is 36.4 Å². The molecule has 134 valence electrons. The minimum Gasteiger partial charge on any atom is -0.493 e. The predicted octanol–water partition coefficient (Wildman–Crippen LogP) is 3.75. The van der Waals surface area contributed by atoms with Crippen LogP contribution in [0.5, 0.6) is 17.2 Å². The van der Waals surface area contributed by atoms with Gasteiger partial charge in [0.25, 0.3) is 5.91 Å². The molecule has 0 aliphatic rings. The van der Waals surface area contributed by atoms with Gasteiger partial charge in [-0.05, 0) is 36.2 Å². The lowest BCUT2D eigenvalue weighted by Crippen LogP contribution is -2.30. The molecule has 5 nitrogen and oxygen atoms in total. The van der Waals surface area contributed by atoms with E-state index in [0.717, 1.165) is 5.56 Å². The summed E-state index contributed by atoms with van der Waals surface area (Å²) in [7, 11) is 3.05. The average Bonchev–Trinajstić information content (AvgIpc) is 2.61. The number of methoxy groups -OCH3 is 2. The van der Waals surface area contributed by atoms with Crippen LogP contribution in [0.1, 0.15) is 5.56 Å². The van der Waals surface area contributed by atoms with Gasteiger partial charge >= 0.3 is 0 Å². The van der Waals surface area contributed by atoms with Gasteiger partial charge < -0.3 is 19.5 Å². The molecule has 2 rings (SSSR count). The zero-order valence-electron chi connectivity index (χ0n) is 14.0. The van der Waals surface area contributed by atoms with Crippen LogP contribution in [0, 0.1) is 0 Å². The topological polar surface area (TPSA) is 56.8 Å². The number of para-hydroxylation sites is 1. The standard InChI is InChI=1S/C18H19Cl2NO4/c1-23-15-4-3-5-16(18(15)24-2)25-11-17(22)21-9-8-12-6-7-13(19)10-14(12)20/h3-7,10H,8-9,11H2,1-2H3,(H,21,22). The molecule has 0 heterocycles. The third-order valence-corrected chi connectivity index (χ3v) is 4.04. The highest BCUT2D eigenvalue weighted by Gasteiger charge is 2.12. The van der Waals surface area contributed by atoms with E-state index in [4.69, 9.17) is 37.4 Å². The van der Waals surface area contributed by atoms with Gasteiger partial charge in [0.05, 0.1) is 14.2 Å². The summed E-state index contributed by atoms with van der Waals surface area (Å²) in [5.74, 6) is 1.19. The van der Waals surface area contributed by atoms with Gasteiger partial charge in [-0.3, -0.25) is 4.79 Å². The second-order valence-corrected chi connectivity index (χ2v) is 5.96. The summed E-state index contributed by atoms with van der Waals surface area (Å²) in [6, 6.07) is 10.5. The first-order valence-electron chi connectivity index (χ1n) is 7.59. The van der Waals surface area contributed by atoms with Crippen molar-refractivity contribution in [1.82, 2.24) is 5.32 Å². The molecule has 0 fully saturated rings. The lowest BCUT2D eigenvalue weighted by atomic mass is 10.1. The van der Waals surface area contributed by atoms with Crippen molar-refractivity contribution in [2.75, 3.05) is 27.4 Å². The quantitative estimate of drug-likeness (QED) is 0.753. The van der Waals surface area contributed by atoms with Crippen molar-refractivity contribution in [2.45, 2.75) is 6.42 Å². The van der Waals surface area contributed by atoms with Crippen molar-refractivity contribution in [3.8, 4) is 17.2 Å². The van der Waals surface area contributed by atoms with Gasteiger partial charge in [0, 0.05) is 16.6 Å². The number of benzene rings is 2. The van der Waals surface area contributed by atoms with E-state index in [1.54, 1.807) is 30.3 Å². The fourth-order valence-corrected chi connectivity index (χ4v) is 2.73. The molecule has 0 aliphatic heterocycles. The van der Waals surface area contributed by atoms with Crippen molar-refractivity contribution < 1.29 is 19.0 Å². The number of halogens is 2. The Morgan fingerprint density at radius 3 is 2.52 bits per heavy atom. The third-order valence-electron chi connectivity index (χ3n) is 3.46. The Hall–Kier alpha value is -2.11. The Morgan fingerprint density at radius 2 is 1.84 bits per heavy atom. The Kier molecular flexibility index (Phi) is 7.22. The summed E-state index contributed by atoms with van der Waals surface area (Å²) in [5.41, 5.74) is 0.918. The van der Waals surface area contributed by atoms with Gasteiger partial charge in [0.2, 0.25) is 5.75 Å². The van der Waals surface area contributed by atoms with Crippen molar-refractivity contribution in [1.29, 1.82) is 0 Å². The summed E-state index contributed by atoms with van der Waals surface area (Å²) >= 11 is 12.0. The smallest absolute Gasteiger partial charge is 0.257 e. The summed E-state index contributed by atoms with van der Waals surface area (Å²) < 4.78 is 16.0. The van der Waals surface area contributed by atoms with E-state index in [2.05, 4.69) is 5.32 Å². The van der Waals surface area contributed by atoms with Crippen molar-refractivity contribution in [3.05, 3.63) is 52.0 Å². The Labute approximate surface area is 156 Å². The van der Waals surface area contributed by atoms with E-state index in [9.17, 15) is 4.79 Å². The molecule has 7 heteroatoms. The number of carbonyl (C=O) groups excluding carboxylic acids is 1. The van der Waals surface area contributed by atoms with Crippen LogP contribution in [-0.2, 0) is 11.2 Å². The van der Waals surface area contributed by atoms with Crippen molar-refractivity contribution in [2.24, 2.45) is 0 Å². The van der Waals surface area contributed by atoms with Gasteiger partial charge in [0.1, 0.15) is 0 Å². The number of carbonyl (C=O) groups is 1. The molecule has 0 radical (unpaired) electrons. The summed E-state index contributed by atoms with van der Waals surface area (Å²) in [5, 5.41) is 3.95. The lowest BCUT2D eigenvalue weighted by Gasteiger charge is -2.13. The molecule has 0 spiro atoms. The predicted molar refractivity (Wildman–Crippen MR) is 98.2 cm³/mol. The van der Waals surface area contributed by atoms with Crippen LogP contribution >= 0.6 is 23.2 Å². The number of amides is 1. The zero-order chi connectivity index (χ0) is 18.2. The van der Waals surface area contributed by atoms with Gasteiger partial charge in [-0.15, -0.1) is 0 Å². The molecule has 0 aromatic heterocycles. The first-order chi connectivity index (χ1) is 12.0. The molecular weight excluding hydrogens is 365 g/mol. The van der Waals surface area contributed by atoms with Crippen LogP contribution in [0.2, 0.25) is 10.0 Å². The molecule has 0 saturated heterocycles. The maximum absolute atomic E-state index is 11.9. The zero-order valence-corrected chi connectivity index (χ0v) is 15.5. The average molecular weight is 384 g/mol. The summed E-state index contributed by atoms with van der Waals surface area (Å²) in [4.78, 5) is 11.9. The van der Waals surface area contributed by atoms with Crippen LogP contribution in [0.4, 0.5) is 0 Å². The van der Waals surface area contributed by atoms with Gasteiger partial charge in [-0.25, -0.2) is 0 Å². The second-order valence-electron chi connectivity index (χ2n) is 5.12. The molecule has 0 saturated carbocycles. The maximum atomic E-state index is 11.9. The Balaban J connectivity index is 1.83. The maximum Gasteiger partial charge on any atom is 0.257 e. The monoisotopic (exact) mass is 383 g/mol. The molecule has 0 atom stereocenters. The number of hydrogen-bond acceptors (Lipinski definition) is 4. The van der Waals surface area contributed by atoms with Crippen LogP contribution < -0.4 is 19.5 Å². The molecular formula is C18H19Cl2NO4. The minimum atomic E-state index is -0.241. The fourth-order valence-electron chi connectivity index (χ4n) is 2.23. The van der Waals surface area contributed by atoms with Gasteiger partial charge in [0.15, 0.2) is 18.1 Å². The van der Waals surface area contributed by atoms with E-state index in [1.165, 1.54) is 14.2 Å². The SMILES string of the molecule is COc1cccc(OCC(=O)NCCc2ccc(Cl)cc2Cl)c1OC. The van der Waals surface area contributed by atoms with Crippen molar-refractivity contribution in [3.63, 3.8) is 0 Å². The molecule has 0 bridgehead atoms. The van der Waals surface area contributed by atoms with Crippen LogP contribution in [-0.4, -0.2) is 33.3 Å². The summed E-state index contributed by atoms with van der Waals surface area (Å²) in [6.45, 7) is 0.316. The normalized spacial score (nSPS) is 10.2.